The van der Waals surface area contributed by atoms with Crippen LogP contribution in [0.15, 0.2) is 24.3 Å². The summed E-state index contributed by atoms with van der Waals surface area (Å²) >= 11 is 0. The molecule has 0 aliphatic rings. The topological polar surface area (TPSA) is 0 Å². The lowest BCUT2D eigenvalue weighted by molar-refractivity contribution is 1.28. The van der Waals surface area contributed by atoms with Crippen molar-refractivity contribution in [1.29, 1.82) is 0 Å². The van der Waals surface area contributed by atoms with E-state index in [-0.39, 0.29) is 0 Å². The number of rotatable bonds is 1. The Hall–Kier alpha value is -0.350. The molecule has 0 fully saturated rings. The van der Waals surface area contributed by atoms with Crippen LogP contribution in [0.4, 0.5) is 0 Å². The minimum absolute atomic E-state index is 0.630. The van der Waals surface area contributed by atoms with E-state index in [1.165, 1.54) is 10.9 Å². The van der Waals surface area contributed by atoms with Gasteiger partial charge in [0.15, 0.2) is 0 Å². The van der Waals surface area contributed by atoms with Crippen LogP contribution < -0.4 is 5.30 Å². The second-order valence-electron chi connectivity index (χ2n) is 1.95. The predicted octanol–water partition coefficient (Wildman–Crippen LogP) is 1.44. The monoisotopic (exact) mass is 136 g/mol. The lowest BCUT2D eigenvalue weighted by Gasteiger charge is -1.94. The summed E-state index contributed by atoms with van der Waals surface area (Å²) in [6, 6.07) is 8.13. The first-order chi connectivity index (χ1) is 4.33. The fourth-order valence-electron chi connectivity index (χ4n) is 0.654. The van der Waals surface area contributed by atoms with Gasteiger partial charge in [0.05, 0.1) is 0 Å². The van der Waals surface area contributed by atoms with Crippen molar-refractivity contribution in [3.63, 3.8) is 0 Å². The molecule has 0 saturated carbocycles. The maximum Gasteiger partial charge on any atom is -0.0245 e. The Labute approximate surface area is 58.5 Å². The summed E-state index contributed by atoms with van der Waals surface area (Å²) in [7, 11) is 2.63. The maximum atomic E-state index is 5.39. The highest BCUT2D eigenvalue weighted by Crippen LogP contribution is 1.98. The maximum absolute atomic E-state index is 5.39. The van der Waals surface area contributed by atoms with E-state index < -0.39 is 0 Å². The van der Waals surface area contributed by atoms with E-state index in [9.17, 15) is 0 Å². The van der Waals surface area contributed by atoms with E-state index in [2.05, 4.69) is 9.24 Å². The van der Waals surface area contributed by atoms with Crippen LogP contribution in [-0.2, 0) is 6.42 Å². The lowest BCUT2D eigenvalue weighted by Crippen LogP contribution is -1.88. The summed E-state index contributed by atoms with van der Waals surface area (Å²) in [5.74, 6) is 0. The molecule has 1 aromatic rings. The molecule has 1 rings (SSSR count). The molecule has 0 aliphatic carbocycles. The van der Waals surface area contributed by atoms with Crippen molar-refractivity contribution in [2.75, 3.05) is 0 Å². The standard InChI is InChI=1S/C8H9P/c1-2-7-3-5-8(9)6-4-7/h1,3-6H,2,9H2. The van der Waals surface area contributed by atoms with Gasteiger partial charge in [0, 0.05) is 0 Å². The first kappa shape index (κ1) is 6.77. The molecule has 1 unspecified atom stereocenters. The molecule has 0 N–H and O–H groups in total. The summed E-state index contributed by atoms with van der Waals surface area (Å²) in [5, 5.41) is 1.20. The highest BCUT2D eigenvalue weighted by Gasteiger charge is 1.85. The van der Waals surface area contributed by atoms with Crippen LogP contribution in [0, 0.1) is 6.92 Å². The summed E-state index contributed by atoms with van der Waals surface area (Å²) in [4.78, 5) is 0. The first-order valence-corrected chi connectivity index (χ1v) is 3.45. The van der Waals surface area contributed by atoms with Crippen LogP contribution in [0.2, 0.25) is 0 Å². The molecule has 2 radical (unpaired) electrons. The van der Waals surface area contributed by atoms with Crippen LogP contribution in [-0.4, -0.2) is 0 Å². The van der Waals surface area contributed by atoms with Crippen molar-refractivity contribution in [3.05, 3.63) is 36.8 Å². The number of benzene rings is 1. The van der Waals surface area contributed by atoms with E-state index in [1.807, 2.05) is 24.3 Å². The Morgan fingerprint density at radius 2 is 1.78 bits per heavy atom. The third-order valence-corrected chi connectivity index (χ3v) is 1.60. The molecule has 0 spiro atoms. The molecular weight excluding hydrogens is 127 g/mol. The number of hydrogen-bond donors (Lipinski definition) is 0. The quantitative estimate of drug-likeness (QED) is 0.512. The van der Waals surface area contributed by atoms with Gasteiger partial charge in [0.2, 0.25) is 0 Å². The van der Waals surface area contributed by atoms with E-state index in [0.29, 0.717) is 6.42 Å². The van der Waals surface area contributed by atoms with E-state index in [4.69, 9.17) is 6.92 Å². The molecule has 0 saturated heterocycles. The summed E-state index contributed by atoms with van der Waals surface area (Å²) in [5.41, 5.74) is 1.18. The predicted molar refractivity (Wildman–Crippen MR) is 43.8 cm³/mol. The Morgan fingerprint density at radius 1 is 1.22 bits per heavy atom. The second kappa shape index (κ2) is 2.98. The van der Waals surface area contributed by atoms with Gasteiger partial charge in [-0.2, -0.15) is 0 Å². The molecule has 1 heteroatoms. The minimum atomic E-state index is 0.630. The highest BCUT2D eigenvalue weighted by atomic mass is 31.0. The molecule has 0 aliphatic heterocycles. The Morgan fingerprint density at radius 3 is 2.22 bits per heavy atom. The average Bonchev–Trinajstić information content (AvgIpc) is 1.90. The zero-order valence-corrected chi connectivity index (χ0v) is 6.33. The minimum Gasteiger partial charge on any atom is -0.106 e. The molecule has 0 bridgehead atoms. The van der Waals surface area contributed by atoms with Gasteiger partial charge in [0.1, 0.15) is 0 Å². The average molecular weight is 136 g/mol. The molecule has 0 heterocycles. The van der Waals surface area contributed by atoms with Crippen LogP contribution in [0.5, 0.6) is 0 Å². The molecule has 0 amide bonds. The van der Waals surface area contributed by atoms with Gasteiger partial charge in [-0.3, -0.25) is 0 Å². The van der Waals surface area contributed by atoms with Gasteiger partial charge in [0.25, 0.3) is 0 Å². The van der Waals surface area contributed by atoms with Crippen molar-refractivity contribution >= 4 is 14.5 Å². The molecule has 1 aromatic carbocycles. The van der Waals surface area contributed by atoms with Crippen molar-refractivity contribution < 1.29 is 0 Å². The van der Waals surface area contributed by atoms with Crippen molar-refractivity contribution in [1.82, 2.24) is 0 Å². The van der Waals surface area contributed by atoms with Gasteiger partial charge in [-0.25, -0.2) is 0 Å². The Balaban J connectivity index is 2.88. The lowest BCUT2D eigenvalue weighted by atomic mass is 10.2. The van der Waals surface area contributed by atoms with Gasteiger partial charge < -0.3 is 0 Å². The van der Waals surface area contributed by atoms with Crippen molar-refractivity contribution in [3.8, 4) is 0 Å². The normalized spacial score (nSPS) is 9.56. The number of hydrogen-bond acceptors (Lipinski definition) is 0. The SMILES string of the molecule is [CH]Cc1ccc(P)cc1. The zero-order chi connectivity index (χ0) is 6.69. The van der Waals surface area contributed by atoms with Crippen molar-refractivity contribution in [2.24, 2.45) is 0 Å². The molecular formula is C8H9P. The van der Waals surface area contributed by atoms with Crippen LogP contribution in [0.1, 0.15) is 5.56 Å². The summed E-state index contributed by atoms with van der Waals surface area (Å²) < 4.78 is 0. The molecule has 1 atom stereocenters. The molecule has 0 nitrogen and oxygen atoms in total. The van der Waals surface area contributed by atoms with E-state index in [1.54, 1.807) is 0 Å². The molecule has 46 valence electrons. The summed E-state index contributed by atoms with van der Waals surface area (Å²) in [6.07, 6.45) is 0.630. The van der Waals surface area contributed by atoms with Gasteiger partial charge >= 0.3 is 0 Å². The van der Waals surface area contributed by atoms with Crippen molar-refractivity contribution in [2.45, 2.75) is 6.42 Å². The highest BCUT2D eigenvalue weighted by molar-refractivity contribution is 7.27. The Kier molecular flexibility index (Phi) is 2.24. The van der Waals surface area contributed by atoms with Gasteiger partial charge in [-0.05, 0) is 24.2 Å². The van der Waals surface area contributed by atoms with Crippen LogP contribution in [0.3, 0.4) is 0 Å². The first-order valence-electron chi connectivity index (χ1n) is 2.87. The smallest absolute Gasteiger partial charge is 0.0245 e. The van der Waals surface area contributed by atoms with Gasteiger partial charge in [-0.1, -0.05) is 24.3 Å². The molecule has 9 heavy (non-hydrogen) atoms. The third-order valence-electron chi connectivity index (χ3n) is 1.22. The van der Waals surface area contributed by atoms with E-state index >= 15 is 0 Å². The fourth-order valence-corrected chi connectivity index (χ4v) is 0.846. The largest absolute Gasteiger partial charge is 0.106 e. The van der Waals surface area contributed by atoms with Crippen LogP contribution in [0.25, 0.3) is 0 Å². The third kappa shape index (κ3) is 1.80. The second-order valence-corrected chi connectivity index (χ2v) is 2.61. The molecule has 0 aromatic heterocycles. The van der Waals surface area contributed by atoms with E-state index in [0.717, 1.165) is 0 Å². The summed E-state index contributed by atoms with van der Waals surface area (Å²) in [6.45, 7) is 5.39. The Bertz CT molecular complexity index is 176. The zero-order valence-electron chi connectivity index (χ0n) is 5.17. The fraction of sp³-hybridized carbons (Fsp3) is 0.125. The van der Waals surface area contributed by atoms with Crippen LogP contribution >= 0.6 is 9.24 Å². The van der Waals surface area contributed by atoms with Gasteiger partial charge in [-0.15, -0.1) is 9.24 Å².